The fraction of sp³-hybridized carbons (Fsp3) is 0.588. The van der Waals surface area contributed by atoms with E-state index in [1.54, 1.807) is 0 Å². The number of amides is 1. The van der Waals surface area contributed by atoms with Crippen molar-refractivity contribution in [3.05, 3.63) is 30.3 Å². The Hall–Kier alpha value is -1.01. The van der Waals surface area contributed by atoms with Crippen molar-refractivity contribution >= 4 is 36.4 Å². The predicted octanol–water partition coefficient (Wildman–Crippen LogP) is 2.23. The smallest absolute Gasteiger partial charge is 0.237 e. The highest BCUT2D eigenvalue weighted by molar-refractivity contribution is 5.85. The summed E-state index contributed by atoms with van der Waals surface area (Å²) in [5.41, 5.74) is 7.22. The number of para-hydroxylation sites is 1. The van der Waals surface area contributed by atoms with E-state index < -0.39 is 6.04 Å². The third-order valence-electron chi connectivity index (χ3n) is 4.47. The van der Waals surface area contributed by atoms with E-state index in [-0.39, 0.29) is 42.7 Å². The van der Waals surface area contributed by atoms with E-state index in [2.05, 4.69) is 29.3 Å². The first kappa shape index (κ1) is 23.0. The number of carbonyl (C=O) groups excluding carboxylic acids is 1. The minimum Gasteiger partial charge on any atom is -0.381 e. The van der Waals surface area contributed by atoms with Crippen LogP contribution in [0.5, 0.6) is 0 Å². The molecule has 2 atom stereocenters. The Morgan fingerprint density at radius 2 is 1.88 bits per heavy atom. The Morgan fingerprint density at radius 1 is 1.29 bits per heavy atom. The first-order chi connectivity index (χ1) is 10.6. The van der Waals surface area contributed by atoms with Gasteiger partial charge < -0.3 is 20.7 Å². The zero-order valence-corrected chi connectivity index (χ0v) is 15.9. The lowest BCUT2D eigenvalue weighted by Gasteiger charge is -2.29. The standard InChI is InChI=1S/C17H27N3O2.2ClH/c1-13(20(2)15-6-4-3-5-7-15)12-19-17(21)16(18)14-8-10-22-11-9-14;;/h3-7,13-14,16H,8-12,18H2,1-2H3,(H,19,21);2*1H. The number of benzene rings is 1. The average Bonchev–Trinajstić information content (AvgIpc) is 2.59. The van der Waals surface area contributed by atoms with Crippen molar-refractivity contribution in [3.63, 3.8) is 0 Å². The van der Waals surface area contributed by atoms with Crippen LogP contribution >= 0.6 is 24.8 Å². The van der Waals surface area contributed by atoms with Crippen molar-refractivity contribution in [1.29, 1.82) is 0 Å². The monoisotopic (exact) mass is 377 g/mol. The number of carbonyl (C=O) groups is 1. The van der Waals surface area contributed by atoms with Gasteiger partial charge in [-0.2, -0.15) is 0 Å². The van der Waals surface area contributed by atoms with E-state index in [0.29, 0.717) is 19.8 Å². The number of halogens is 2. The molecule has 2 rings (SSSR count). The third kappa shape index (κ3) is 6.48. The molecule has 0 aliphatic carbocycles. The molecule has 1 aromatic rings. The minimum absolute atomic E-state index is 0. The molecule has 0 aromatic heterocycles. The Morgan fingerprint density at radius 3 is 2.46 bits per heavy atom. The van der Waals surface area contributed by atoms with Gasteiger partial charge in [0.25, 0.3) is 0 Å². The molecule has 1 aromatic carbocycles. The van der Waals surface area contributed by atoms with Crippen LogP contribution in [0, 0.1) is 5.92 Å². The summed E-state index contributed by atoms with van der Waals surface area (Å²) in [6.07, 6.45) is 1.74. The van der Waals surface area contributed by atoms with E-state index in [1.165, 1.54) is 0 Å². The van der Waals surface area contributed by atoms with Crippen LogP contribution in [0.3, 0.4) is 0 Å². The van der Waals surface area contributed by atoms with E-state index in [9.17, 15) is 4.79 Å². The average molecular weight is 378 g/mol. The van der Waals surface area contributed by atoms with Crippen LogP contribution in [0.1, 0.15) is 19.8 Å². The van der Waals surface area contributed by atoms with Crippen molar-refractivity contribution in [1.82, 2.24) is 5.32 Å². The largest absolute Gasteiger partial charge is 0.381 e. The van der Waals surface area contributed by atoms with Gasteiger partial charge >= 0.3 is 0 Å². The van der Waals surface area contributed by atoms with Gasteiger partial charge in [0.15, 0.2) is 0 Å². The molecule has 1 fully saturated rings. The van der Waals surface area contributed by atoms with Crippen LogP contribution in [-0.4, -0.2) is 44.8 Å². The first-order valence-corrected chi connectivity index (χ1v) is 7.98. The number of ether oxygens (including phenoxy) is 1. The molecule has 1 amide bonds. The maximum Gasteiger partial charge on any atom is 0.237 e. The van der Waals surface area contributed by atoms with Gasteiger partial charge in [0, 0.05) is 38.5 Å². The molecular weight excluding hydrogens is 349 g/mol. The van der Waals surface area contributed by atoms with Crippen LogP contribution < -0.4 is 16.0 Å². The summed E-state index contributed by atoms with van der Waals surface area (Å²) >= 11 is 0. The second-order valence-corrected chi connectivity index (χ2v) is 6.02. The summed E-state index contributed by atoms with van der Waals surface area (Å²) < 4.78 is 5.31. The molecule has 0 bridgehead atoms. The number of nitrogens with one attached hydrogen (secondary N) is 1. The molecule has 0 spiro atoms. The molecule has 1 heterocycles. The first-order valence-electron chi connectivity index (χ1n) is 7.98. The van der Waals surface area contributed by atoms with E-state index in [0.717, 1.165) is 18.5 Å². The van der Waals surface area contributed by atoms with Gasteiger partial charge in [-0.15, -0.1) is 24.8 Å². The Bertz CT molecular complexity index is 470. The van der Waals surface area contributed by atoms with Gasteiger partial charge in [-0.1, -0.05) is 18.2 Å². The quantitative estimate of drug-likeness (QED) is 0.797. The van der Waals surface area contributed by atoms with Gasteiger partial charge in [0.2, 0.25) is 5.91 Å². The molecule has 5 nitrogen and oxygen atoms in total. The lowest BCUT2D eigenvalue weighted by atomic mass is 9.92. The molecule has 1 aliphatic heterocycles. The molecule has 1 saturated heterocycles. The van der Waals surface area contributed by atoms with Crippen molar-refractivity contribution < 1.29 is 9.53 Å². The highest BCUT2D eigenvalue weighted by Crippen LogP contribution is 2.18. The summed E-state index contributed by atoms with van der Waals surface area (Å²) in [6.45, 7) is 4.09. The fourth-order valence-electron chi connectivity index (χ4n) is 2.71. The highest BCUT2D eigenvalue weighted by atomic mass is 35.5. The van der Waals surface area contributed by atoms with Crippen molar-refractivity contribution in [2.24, 2.45) is 11.7 Å². The predicted molar refractivity (Wildman–Crippen MR) is 103 cm³/mol. The molecule has 138 valence electrons. The number of nitrogens with zero attached hydrogens (tertiary/aromatic N) is 1. The maximum atomic E-state index is 12.2. The Labute approximate surface area is 157 Å². The van der Waals surface area contributed by atoms with E-state index in [4.69, 9.17) is 10.5 Å². The SMILES string of the molecule is CC(CNC(=O)C(N)C1CCOCC1)N(C)c1ccccc1.Cl.Cl. The Balaban J connectivity index is 0.00000264. The lowest BCUT2D eigenvalue weighted by Crippen LogP contribution is -2.50. The summed E-state index contributed by atoms with van der Waals surface area (Å²) in [6, 6.07) is 9.91. The number of hydrogen-bond donors (Lipinski definition) is 2. The summed E-state index contributed by atoms with van der Waals surface area (Å²) in [4.78, 5) is 14.4. The zero-order valence-electron chi connectivity index (χ0n) is 14.3. The van der Waals surface area contributed by atoms with Crippen LogP contribution in [0.2, 0.25) is 0 Å². The number of likely N-dealkylation sites (N-methyl/N-ethyl adjacent to an activating group) is 1. The molecule has 7 heteroatoms. The lowest BCUT2D eigenvalue weighted by molar-refractivity contribution is -0.124. The van der Waals surface area contributed by atoms with Crippen molar-refractivity contribution in [2.75, 3.05) is 31.7 Å². The van der Waals surface area contributed by atoms with E-state index >= 15 is 0 Å². The van der Waals surface area contributed by atoms with Crippen molar-refractivity contribution in [3.8, 4) is 0 Å². The maximum absolute atomic E-state index is 12.2. The second kappa shape index (κ2) is 11.5. The van der Waals surface area contributed by atoms with Crippen LogP contribution in [0.25, 0.3) is 0 Å². The van der Waals surface area contributed by atoms with Crippen LogP contribution in [0.15, 0.2) is 30.3 Å². The highest BCUT2D eigenvalue weighted by Gasteiger charge is 2.26. The van der Waals surface area contributed by atoms with Gasteiger partial charge in [-0.25, -0.2) is 0 Å². The molecule has 0 saturated carbocycles. The number of nitrogens with two attached hydrogens (primary N) is 1. The summed E-state index contributed by atoms with van der Waals surface area (Å²) in [5, 5.41) is 2.98. The van der Waals surface area contributed by atoms with Gasteiger partial charge in [-0.05, 0) is 37.8 Å². The fourth-order valence-corrected chi connectivity index (χ4v) is 2.71. The van der Waals surface area contributed by atoms with Gasteiger partial charge in [0.05, 0.1) is 6.04 Å². The number of rotatable bonds is 6. The van der Waals surface area contributed by atoms with Crippen LogP contribution in [-0.2, 0) is 9.53 Å². The van der Waals surface area contributed by atoms with Gasteiger partial charge in [-0.3, -0.25) is 4.79 Å². The third-order valence-corrected chi connectivity index (χ3v) is 4.47. The molecular formula is C17H29Cl2N3O2. The van der Waals surface area contributed by atoms with E-state index in [1.807, 2.05) is 25.2 Å². The van der Waals surface area contributed by atoms with Gasteiger partial charge in [0.1, 0.15) is 0 Å². The second-order valence-electron chi connectivity index (χ2n) is 6.02. The molecule has 1 aliphatic rings. The van der Waals surface area contributed by atoms with Crippen LogP contribution in [0.4, 0.5) is 5.69 Å². The number of hydrogen-bond acceptors (Lipinski definition) is 4. The summed E-state index contributed by atoms with van der Waals surface area (Å²) in [7, 11) is 2.03. The molecule has 2 unspecified atom stereocenters. The molecule has 3 N–H and O–H groups in total. The summed E-state index contributed by atoms with van der Waals surface area (Å²) in [5.74, 6) is 0.177. The Kier molecular flexibility index (Phi) is 11.0. The number of anilines is 1. The zero-order chi connectivity index (χ0) is 15.9. The normalized spacial score (nSPS) is 17.0. The molecule has 0 radical (unpaired) electrons. The minimum atomic E-state index is -0.432. The van der Waals surface area contributed by atoms with Crippen molar-refractivity contribution in [2.45, 2.75) is 31.8 Å². The molecule has 24 heavy (non-hydrogen) atoms. The topological polar surface area (TPSA) is 67.6 Å².